The van der Waals surface area contributed by atoms with Crippen molar-refractivity contribution in [2.75, 3.05) is 12.4 Å². The molecule has 2 aromatic heterocycles. The van der Waals surface area contributed by atoms with Gasteiger partial charge in [-0.3, -0.25) is 9.78 Å². The van der Waals surface area contributed by atoms with Crippen LogP contribution in [0.5, 0.6) is 5.88 Å². The number of nitrogens with one attached hydrogen (secondary N) is 1. The van der Waals surface area contributed by atoms with E-state index in [0.717, 1.165) is 4.47 Å². The molecule has 0 saturated heterocycles. The first-order valence-electron chi connectivity index (χ1n) is 5.10. The molecular weight excluding hydrogens is 300 g/mol. The zero-order chi connectivity index (χ0) is 13.1. The zero-order valence-corrected chi connectivity index (χ0v) is 11.4. The Labute approximate surface area is 112 Å². The Hall–Kier alpha value is -1.89. The lowest BCUT2D eigenvalue weighted by molar-refractivity contribution is 0.102. The van der Waals surface area contributed by atoms with E-state index in [4.69, 9.17) is 4.74 Å². The van der Waals surface area contributed by atoms with Crippen LogP contribution in [-0.2, 0) is 7.05 Å². The number of pyridine rings is 1. The summed E-state index contributed by atoms with van der Waals surface area (Å²) in [7, 11) is 3.23. The molecule has 0 atom stereocenters. The molecule has 1 amide bonds. The van der Waals surface area contributed by atoms with Crippen LogP contribution in [0.4, 0.5) is 5.69 Å². The van der Waals surface area contributed by atoms with Gasteiger partial charge in [0.2, 0.25) is 5.88 Å². The molecule has 0 bridgehead atoms. The monoisotopic (exact) mass is 310 g/mol. The number of amides is 1. The number of methoxy groups -OCH3 is 1. The molecule has 0 saturated carbocycles. The average Bonchev–Trinajstić information content (AvgIpc) is 2.70. The Kier molecular flexibility index (Phi) is 3.61. The van der Waals surface area contributed by atoms with E-state index >= 15 is 0 Å². The van der Waals surface area contributed by atoms with E-state index in [1.165, 1.54) is 11.8 Å². The van der Waals surface area contributed by atoms with Gasteiger partial charge in [-0.15, -0.1) is 0 Å². The molecule has 0 aromatic carbocycles. The number of halogens is 1. The number of hydrogen-bond acceptors (Lipinski definition) is 4. The maximum atomic E-state index is 11.9. The van der Waals surface area contributed by atoms with Gasteiger partial charge in [0.1, 0.15) is 0 Å². The number of rotatable bonds is 3. The van der Waals surface area contributed by atoms with Crippen LogP contribution in [0.2, 0.25) is 0 Å². The van der Waals surface area contributed by atoms with Gasteiger partial charge >= 0.3 is 0 Å². The van der Waals surface area contributed by atoms with Gasteiger partial charge in [0.25, 0.3) is 5.91 Å². The lowest BCUT2D eigenvalue weighted by atomic mass is 10.3. The first-order valence-corrected chi connectivity index (χ1v) is 5.89. The van der Waals surface area contributed by atoms with E-state index in [0.29, 0.717) is 11.6 Å². The highest BCUT2D eigenvalue weighted by Gasteiger charge is 2.13. The third-order valence-corrected chi connectivity index (χ3v) is 2.68. The molecule has 2 rings (SSSR count). The molecule has 2 heterocycles. The topological polar surface area (TPSA) is 69.0 Å². The van der Waals surface area contributed by atoms with E-state index in [2.05, 4.69) is 31.3 Å². The zero-order valence-electron chi connectivity index (χ0n) is 9.85. The van der Waals surface area contributed by atoms with Gasteiger partial charge in [-0.25, -0.2) is 4.68 Å². The van der Waals surface area contributed by atoms with Crippen molar-refractivity contribution in [2.45, 2.75) is 0 Å². The molecule has 6 nitrogen and oxygen atoms in total. The van der Waals surface area contributed by atoms with E-state index in [9.17, 15) is 4.79 Å². The maximum Gasteiger partial charge on any atom is 0.276 e. The van der Waals surface area contributed by atoms with Gasteiger partial charge in [-0.1, -0.05) is 0 Å². The van der Waals surface area contributed by atoms with Crippen molar-refractivity contribution < 1.29 is 9.53 Å². The summed E-state index contributed by atoms with van der Waals surface area (Å²) in [6.45, 7) is 0. The van der Waals surface area contributed by atoms with Gasteiger partial charge in [0, 0.05) is 23.8 Å². The predicted octanol–water partition coefficient (Wildman–Crippen LogP) is 1.84. The minimum absolute atomic E-state index is 0.286. The minimum Gasteiger partial charge on any atom is -0.481 e. The van der Waals surface area contributed by atoms with Crippen LogP contribution in [0.1, 0.15) is 10.5 Å². The number of carbonyl (C=O) groups excluding carboxylic acids is 1. The number of nitrogens with zero attached hydrogens (tertiary/aromatic N) is 3. The molecule has 0 spiro atoms. The van der Waals surface area contributed by atoms with Crippen molar-refractivity contribution in [3.8, 4) is 5.88 Å². The van der Waals surface area contributed by atoms with Gasteiger partial charge in [-0.2, -0.15) is 5.10 Å². The molecule has 0 fully saturated rings. The number of carbonyl (C=O) groups is 1. The summed E-state index contributed by atoms with van der Waals surface area (Å²) >= 11 is 3.28. The Balaban J connectivity index is 2.16. The Bertz CT molecular complexity index is 582. The van der Waals surface area contributed by atoms with Crippen LogP contribution in [0.25, 0.3) is 0 Å². The minimum atomic E-state index is -0.311. The van der Waals surface area contributed by atoms with Gasteiger partial charge in [0.15, 0.2) is 5.69 Å². The van der Waals surface area contributed by atoms with E-state index in [-0.39, 0.29) is 11.6 Å². The standard InChI is InChI=1S/C11H11BrN4O2/c1-16-10(18-2)4-9(15-16)11(17)14-8-3-7(12)5-13-6-8/h3-6H,1-2H3,(H,14,17). The smallest absolute Gasteiger partial charge is 0.276 e. The van der Waals surface area contributed by atoms with Crippen molar-refractivity contribution in [2.24, 2.45) is 7.05 Å². The first-order chi connectivity index (χ1) is 8.60. The number of ether oxygens (including phenoxy) is 1. The number of hydrogen-bond donors (Lipinski definition) is 1. The van der Waals surface area contributed by atoms with Crippen molar-refractivity contribution in [3.05, 3.63) is 34.7 Å². The van der Waals surface area contributed by atoms with E-state index in [1.807, 2.05) is 0 Å². The molecule has 18 heavy (non-hydrogen) atoms. The first kappa shape index (κ1) is 12.6. The summed E-state index contributed by atoms with van der Waals surface area (Å²) in [5, 5.41) is 6.75. The number of aryl methyl sites for hydroxylation is 1. The molecule has 0 aliphatic rings. The third kappa shape index (κ3) is 2.67. The molecule has 1 N–H and O–H groups in total. The van der Waals surface area contributed by atoms with Gasteiger partial charge < -0.3 is 10.1 Å². The summed E-state index contributed by atoms with van der Waals surface area (Å²) < 4.78 is 7.33. The maximum absolute atomic E-state index is 11.9. The van der Waals surface area contributed by atoms with Crippen LogP contribution in [0.15, 0.2) is 29.0 Å². The van der Waals surface area contributed by atoms with Crippen LogP contribution in [0, 0.1) is 0 Å². The normalized spacial score (nSPS) is 10.2. The second-order valence-corrected chi connectivity index (χ2v) is 4.46. The highest BCUT2D eigenvalue weighted by Crippen LogP contribution is 2.16. The fraction of sp³-hybridized carbons (Fsp3) is 0.182. The van der Waals surface area contributed by atoms with Crippen molar-refractivity contribution >= 4 is 27.5 Å². The van der Waals surface area contributed by atoms with E-state index < -0.39 is 0 Å². The number of aromatic nitrogens is 3. The summed E-state index contributed by atoms with van der Waals surface area (Å²) in [6, 6.07) is 3.33. The lowest BCUT2D eigenvalue weighted by Gasteiger charge is -2.02. The third-order valence-electron chi connectivity index (χ3n) is 2.24. The molecular formula is C11H11BrN4O2. The Morgan fingerprint density at radius 3 is 2.83 bits per heavy atom. The lowest BCUT2D eigenvalue weighted by Crippen LogP contribution is -2.13. The molecule has 0 unspecified atom stereocenters. The largest absolute Gasteiger partial charge is 0.481 e. The van der Waals surface area contributed by atoms with Crippen molar-refractivity contribution in [1.82, 2.24) is 14.8 Å². The highest BCUT2D eigenvalue weighted by molar-refractivity contribution is 9.10. The van der Waals surface area contributed by atoms with Crippen molar-refractivity contribution in [1.29, 1.82) is 0 Å². The SMILES string of the molecule is COc1cc(C(=O)Nc2cncc(Br)c2)nn1C. The van der Waals surface area contributed by atoms with Crippen LogP contribution in [0.3, 0.4) is 0 Å². The summed E-state index contributed by atoms with van der Waals surface area (Å²) in [5.74, 6) is 0.210. The van der Waals surface area contributed by atoms with Crippen molar-refractivity contribution in [3.63, 3.8) is 0 Å². The molecule has 0 aliphatic carbocycles. The fourth-order valence-electron chi connectivity index (χ4n) is 1.43. The van der Waals surface area contributed by atoms with E-state index in [1.54, 1.807) is 31.6 Å². The molecule has 94 valence electrons. The summed E-state index contributed by atoms with van der Waals surface area (Å²) in [4.78, 5) is 15.9. The van der Waals surface area contributed by atoms with Crippen LogP contribution in [-0.4, -0.2) is 27.8 Å². The Morgan fingerprint density at radius 2 is 2.22 bits per heavy atom. The molecule has 2 aromatic rings. The van der Waals surface area contributed by atoms with Gasteiger partial charge in [-0.05, 0) is 22.0 Å². The van der Waals surface area contributed by atoms with Crippen LogP contribution >= 0.6 is 15.9 Å². The molecule has 7 heteroatoms. The quantitative estimate of drug-likeness (QED) is 0.939. The fourth-order valence-corrected chi connectivity index (χ4v) is 1.79. The Morgan fingerprint density at radius 1 is 1.44 bits per heavy atom. The molecule has 0 aliphatic heterocycles. The summed E-state index contributed by atoms with van der Waals surface area (Å²) in [6.07, 6.45) is 3.20. The highest BCUT2D eigenvalue weighted by atomic mass is 79.9. The average molecular weight is 311 g/mol. The second kappa shape index (κ2) is 5.18. The summed E-state index contributed by atoms with van der Waals surface area (Å²) in [5.41, 5.74) is 0.883. The van der Waals surface area contributed by atoms with Gasteiger partial charge in [0.05, 0.1) is 19.0 Å². The second-order valence-electron chi connectivity index (χ2n) is 3.54. The molecule has 0 radical (unpaired) electrons. The van der Waals surface area contributed by atoms with Crippen LogP contribution < -0.4 is 10.1 Å². The number of anilines is 1. The predicted molar refractivity (Wildman–Crippen MR) is 69.7 cm³/mol.